The van der Waals surface area contributed by atoms with Gasteiger partial charge in [0.1, 0.15) is 0 Å². The lowest BCUT2D eigenvalue weighted by Crippen LogP contribution is -3.12. The van der Waals surface area contributed by atoms with E-state index in [9.17, 15) is 9.59 Å². The number of halogens is 1. The van der Waals surface area contributed by atoms with Crippen molar-refractivity contribution in [2.75, 3.05) is 39.8 Å². The van der Waals surface area contributed by atoms with Gasteiger partial charge in [-0.1, -0.05) is 23.7 Å². The van der Waals surface area contributed by atoms with Gasteiger partial charge >= 0.3 is 0 Å². The molecule has 1 aliphatic rings. The van der Waals surface area contributed by atoms with Crippen LogP contribution in [0.15, 0.2) is 24.3 Å². The van der Waals surface area contributed by atoms with Crippen LogP contribution in [0.5, 0.6) is 0 Å². The first-order chi connectivity index (χ1) is 10.1. The second kappa shape index (κ2) is 7.40. The summed E-state index contributed by atoms with van der Waals surface area (Å²) in [6.45, 7) is 3.55. The van der Waals surface area contributed by atoms with E-state index in [-0.39, 0.29) is 18.4 Å². The first-order valence-corrected chi connectivity index (χ1v) is 7.32. The van der Waals surface area contributed by atoms with E-state index in [4.69, 9.17) is 11.6 Å². The van der Waals surface area contributed by atoms with Crippen LogP contribution in [-0.4, -0.2) is 56.6 Å². The molecule has 1 heterocycles. The number of hydrogen-bond acceptors (Lipinski definition) is 3. The molecule has 2 rings (SSSR count). The van der Waals surface area contributed by atoms with Gasteiger partial charge in [0.25, 0.3) is 11.8 Å². The van der Waals surface area contributed by atoms with Crippen molar-refractivity contribution in [1.82, 2.24) is 15.8 Å². The fourth-order valence-electron chi connectivity index (χ4n) is 2.12. The number of amides is 2. The number of nitrogens with one attached hydrogen (secondary N) is 3. The summed E-state index contributed by atoms with van der Waals surface area (Å²) in [5.41, 5.74) is 3.16. The number of hydrazine groups is 1. The smallest absolute Gasteiger partial charge is 0.253 e. The van der Waals surface area contributed by atoms with Gasteiger partial charge in [0.05, 0.1) is 50.4 Å². The van der Waals surface area contributed by atoms with Crippen molar-refractivity contribution in [1.29, 1.82) is 0 Å². The number of rotatable bonds is 4. The van der Waals surface area contributed by atoms with Gasteiger partial charge < -0.3 is 10.2 Å². The summed E-state index contributed by atoms with van der Waals surface area (Å²) in [6, 6.07) is 6.75. The zero-order valence-electron chi connectivity index (χ0n) is 12.0. The first-order valence-electron chi connectivity index (χ1n) is 6.94. The molecule has 0 spiro atoms. The fraction of sp³-hybridized carbons (Fsp3) is 0.429. The minimum Gasteiger partial charge on any atom is -0.343 e. The third-order valence-electron chi connectivity index (χ3n) is 3.43. The zero-order chi connectivity index (χ0) is 15.2. The Labute approximate surface area is 129 Å². The summed E-state index contributed by atoms with van der Waals surface area (Å²) in [4.78, 5) is 25.2. The maximum atomic E-state index is 11.9. The average molecular weight is 312 g/mol. The van der Waals surface area contributed by atoms with Crippen LogP contribution in [-0.2, 0) is 4.79 Å². The Balaban J connectivity index is 1.76. The van der Waals surface area contributed by atoms with Crippen molar-refractivity contribution in [3.63, 3.8) is 0 Å². The Kier molecular flexibility index (Phi) is 5.55. The van der Waals surface area contributed by atoms with Crippen LogP contribution >= 0.6 is 11.6 Å². The number of carbonyl (C=O) groups is 2. The maximum Gasteiger partial charge on any atom is 0.253 e. The minimum atomic E-state index is -0.349. The van der Waals surface area contributed by atoms with E-state index in [0.717, 1.165) is 26.2 Å². The molecule has 1 fully saturated rings. The van der Waals surface area contributed by atoms with Gasteiger partial charge in [0.15, 0.2) is 0 Å². The van der Waals surface area contributed by atoms with E-state index in [0.29, 0.717) is 10.6 Å². The highest BCUT2D eigenvalue weighted by Gasteiger charge is 2.18. The Morgan fingerprint density at radius 2 is 1.95 bits per heavy atom. The molecule has 1 aromatic carbocycles. The van der Waals surface area contributed by atoms with Gasteiger partial charge in [-0.15, -0.1) is 0 Å². The summed E-state index contributed by atoms with van der Waals surface area (Å²) in [6.07, 6.45) is 0. The molecule has 7 heteroatoms. The third-order valence-corrected chi connectivity index (χ3v) is 3.76. The topological polar surface area (TPSA) is 65.9 Å². The predicted octanol–water partition coefficient (Wildman–Crippen LogP) is -1.07. The Morgan fingerprint density at radius 1 is 1.29 bits per heavy atom. The molecular formula is C14H20ClN4O2+. The molecule has 0 bridgehead atoms. The minimum absolute atomic E-state index is 0.0662. The lowest BCUT2D eigenvalue weighted by Gasteiger charge is -2.30. The lowest BCUT2D eigenvalue weighted by molar-refractivity contribution is -0.884. The van der Waals surface area contributed by atoms with Crippen molar-refractivity contribution in [2.24, 2.45) is 0 Å². The number of quaternary nitrogens is 1. The second-order valence-electron chi connectivity index (χ2n) is 5.14. The molecule has 1 aliphatic heterocycles. The molecule has 0 unspecified atom stereocenters. The van der Waals surface area contributed by atoms with Crippen LogP contribution in [0.3, 0.4) is 0 Å². The summed E-state index contributed by atoms with van der Waals surface area (Å²) in [5.74, 6) is -0.575. The van der Waals surface area contributed by atoms with E-state index in [1.807, 2.05) is 5.01 Å². The largest absolute Gasteiger partial charge is 0.343 e. The van der Waals surface area contributed by atoms with E-state index in [2.05, 4.69) is 17.8 Å². The third kappa shape index (κ3) is 4.70. The lowest BCUT2D eigenvalue weighted by atomic mass is 10.2. The average Bonchev–Trinajstić information content (AvgIpc) is 2.48. The van der Waals surface area contributed by atoms with Gasteiger partial charge in [0, 0.05) is 0 Å². The van der Waals surface area contributed by atoms with Crippen LogP contribution in [0, 0.1) is 0 Å². The molecule has 2 amide bonds. The number of carbonyl (C=O) groups excluding carboxylic acids is 2. The molecule has 3 N–H and O–H groups in total. The Hall–Kier alpha value is -1.63. The van der Waals surface area contributed by atoms with Gasteiger partial charge in [-0.05, 0) is 12.1 Å². The van der Waals surface area contributed by atoms with Crippen LogP contribution in [0.4, 0.5) is 0 Å². The van der Waals surface area contributed by atoms with Crippen molar-refractivity contribution >= 4 is 23.4 Å². The number of hydrogen-bond donors (Lipinski definition) is 3. The SMILES string of the molecule is C[NH+]1CCN(NC(=O)CNC(=O)c2ccccc2Cl)CC1. The van der Waals surface area contributed by atoms with Crippen molar-refractivity contribution in [3.05, 3.63) is 34.9 Å². The normalized spacial score (nSPS) is 16.5. The first kappa shape index (κ1) is 15.8. The van der Waals surface area contributed by atoms with E-state index in [1.54, 1.807) is 24.3 Å². The van der Waals surface area contributed by atoms with E-state index >= 15 is 0 Å². The number of nitrogens with zero attached hydrogens (tertiary/aromatic N) is 1. The molecule has 0 radical (unpaired) electrons. The number of likely N-dealkylation sites (N-methyl/N-ethyl adjacent to an activating group) is 1. The molecule has 1 saturated heterocycles. The van der Waals surface area contributed by atoms with Gasteiger partial charge in [-0.2, -0.15) is 0 Å². The molecule has 0 saturated carbocycles. The standard InChI is InChI=1S/C14H19ClN4O2/c1-18-6-8-19(9-7-18)17-13(20)10-16-14(21)11-4-2-3-5-12(11)15/h2-5H,6-10H2,1H3,(H,16,21)(H,17,20)/p+1. The molecular weight excluding hydrogens is 292 g/mol. The van der Waals surface area contributed by atoms with E-state index in [1.165, 1.54) is 4.90 Å². The summed E-state index contributed by atoms with van der Waals surface area (Å²) < 4.78 is 0. The Morgan fingerprint density at radius 3 is 2.62 bits per heavy atom. The molecule has 0 aliphatic carbocycles. The van der Waals surface area contributed by atoms with Crippen molar-refractivity contribution in [3.8, 4) is 0 Å². The predicted molar refractivity (Wildman–Crippen MR) is 80.1 cm³/mol. The highest BCUT2D eigenvalue weighted by molar-refractivity contribution is 6.33. The molecule has 114 valence electrons. The Bertz CT molecular complexity index is 515. The van der Waals surface area contributed by atoms with Gasteiger partial charge in [0.2, 0.25) is 0 Å². The monoisotopic (exact) mass is 311 g/mol. The second-order valence-corrected chi connectivity index (χ2v) is 5.55. The maximum absolute atomic E-state index is 11.9. The molecule has 1 aromatic rings. The molecule has 6 nitrogen and oxygen atoms in total. The van der Waals surface area contributed by atoms with Crippen LogP contribution in [0.2, 0.25) is 5.02 Å². The quantitative estimate of drug-likeness (QED) is 0.663. The summed E-state index contributed by atoms with van der Waals surface area (Å²) >= 11 is 5.93. The highest BCUT2D eigenvalue weighted by Crippen LogP contribution is 2.14. The van der Waals surface area contributed by atoms with Gasteiger partial charge in [-0.25, -0.2) is 5.01 Å². The van der Waals surface area contributed by atoms with E-state index < -0.39 is 0 Å². The van der Waals surface area contributed by atoms with Crippen LogP contribution in [0.25, 0.3) is 0 Å². The van der Waals surface area contributed by atoms with Crippen LogP contribution in [0.1, 0.15) is 10.4 Å². The molecule has 21 heavy (non-hydrogen) atoms. The molecule has 0 aromatic heterocycles. The van der Waals surface area contributed by atoms with Crippen molar-refractivity contribution in [2.45, 2.75) is 0 Å². The van der Waals surface area contributed by atoms with Gasteiger partial charge in [-0.3, -0.25) is 15.0 Å². The summed E-state index contributed by atoms with van der Waals surface area (Å²) in [5, 5.41) is 4.83. The molecule has 0 atom stereocenters. The van der Waals surface area contributed by atoms with Crippen LogP contribution < -0.4 is 15.6 Å². The number of benzene rings is 1. The summed E-state index contributed by atoms with van der Waals surface area (Å²) in [7, 11) is 2.13. The highest BCUT2D eigenvalue weighted by atomic mass is 35.5. The van der Waals surface area contributed by atoms with Crippen molar-refractivity contribution < 1.29 is 14.5 Å². The fourth-order valence-corrected chi connectivity index (χ4v) is 2.34. The number of piperazine rings is 1. The zero-order valence-corrected chi connectivity index (χ0v) is 12.7.